The van der Waals surface area contributed by atoms with Gasteiger partial charge in [0.2, 0.25) is 0 Å². The number of piperidine rings is 1. The third-order valence-electron chi connectivity index (χ3n) is 12.7. The van der Waals surface area contributed by atoms with Crippen LogP contribution in [0.25, 0.3) is 44.3 Å². The molecule has 0 unspecified atom stereocenters. The van der Waals surface area contributed by atoms with Crippen molar-refractivity contribution in [3.05, 3.63) is 124 Å². The Morgan fingerprint density at radius 1 is 0.942 bits per heavy atom. The van der Waals surface area contributed by atoms with Crippen molar-refractivity contribution in [3.8, 4) is 0 Å². The predicted octanol–water partition coefficient (Wildman–Crippen LogP) is 8.42. The van der Waals surface area contributed by atoms with E-state index in [0.29, 0.717) is 49.6 Å². The largest absolute Gasteiger partial charge is 0.454 e. The van der Waals surface area contributed by atoms with Crippen LogP contribution >= 0.6 is 0 Å². The van der Waals surface area contributed by atoms with Gasteiger partial charge in [-0.3, -0.25) is 14.8 Å². The van der Waals surface area contributed by atoms with E-state index in [0.717, 1.165) is 42.4 Å². The second kappa shape index (κ2) is 20.1. The first-order valence-corrected chi connectivity index (χ1v) is 23.6. The Labute approximate surface area is 397 Å². The summed E-state index contributed by atoms with van der Waals surface area (Å²) < 4.78 is 46.0. The van der Waals surface area contributed by atoms with Crippen LogP contribution in [0.5, 0.6) is 0 Å². The van der Waals surface area contributed by atoms with Crippen LogP contribution in [0, 0.1) is 11.6 Å². The van der Waals surface area contributed by atoms with Crippen LogP contribution in [0.3, 0.4) is 0 Å². The topological polar surface area (TPSA) is 164 Å². The maximum absolute atomic E-state index is 16.0. The van der Waals surface area contributed by atoms with Gasteiger partial charge in [0.15, 0.2) is 22.7 Å². The summed E-state index contributed by atoms with van der Waals surface area (Å²) in [6.45, 7) is 18.0. The minimum absolute atomic E-state index is 0.0484. The molecule has 10 rings (SSSR count). The van der Waals surface area contributed by atoms with E-state index in [2.05, 4.69) is 60.9 Å². The number of benzene rings is 1. The van der Waals surface area contributed by atoms with Crippen LogP contribution in [0.2, 0.25) is 0 Å². The fourth-order valence-electron chi connectivity index (χ4n) is 9.14. The van der Waals surface area contributed by atoms with Gasteiger partial charge in [-0.05, 0) is 75.3 Å². The van der Waals surface area contributed by atoms with Gasteiger partial charge in [-0.25, -0.2) is 27.9 Å². The molecule has 2 aliphatic heterocycles. The zero-order valence-electron chi connectivity index (χ0n) is 39.6. The third kappa shape index (κ3) is 9.32. The molecule has 0 spiro atoms. The average Bonchev–Trinajstić information content (AvgIpc) is 3.80. The highest BCUT2D eigenvalue weighted by Crippen LogP contribution is 2.34. The Balaban J connectivity index is 0.000000200. The maximum atomic E-state index is 16.0. The lowest BCUT2D eigenvalue weighted by Gasteiger charge is -2.41. The molecular weight excluding hydrogens is 883 g/mol. The monoisotopic (exact) mass is 938 g/mol. The van der Waals surface area contributed by atoms with E-state index < -0.39 is 17.3 Å². The lowest BCUT2D eigenvalue weighted by molar-refractivity contribution is -0.128. The summed E-state index contributed by atoms with van der Waals surface area (Å²) in [5, 5.41) is 8.15. The minimum Gasteiger partial charge on any atom is -0.454 e. The average molecular weight is 939 g/mol. The molecule has 7 aromatic heterocycles. The van der Waals surface area contributed by atoms with Crippen molar-refractivity contribution in [2.75, 3.05) is 61.1 Å². The van der Waals surface area contributed by atoms with Gasteiger partial charge in [-0.15, -0.1) is 0 Å². The number of hydrogen-bond acceptors (Lipinski definition) is 13. The van der Waals surface area contributed by atoms with Crippen molar-refractivity contribution >= 4 is 67.6 Å². The summed E-state index contributed by atoms with van der Waals surface area (Å²) in [6.07, 6.45) is 11.9. The summed E-state index contributed by atoms with van der Waals surface area (Å²) in [5.74, 6) is 0.370. The number of piperazine rings is 1. The van der Waals surface area contributed by atoms with E-state index in [1.807, 2.05) is 55.6 Å². The van der Waals surface area contributed by atoms with Gasteiger partial charge in [0, 0.05) is 93.8 Å². The quantitative estimate of drug-likeness (QED) is 0.123. The van der Waals surface area contributed by atoms with E-state index >= 15 is 8.78 Å². The van der Waals surface area contributed by atoms with Crippen molar-refractivity contribution in [3.63, 3.8) is 0 Å². The number of hydrogen-bond donors (Lipinski definition) is 1. The highest BCUT2D eigenvalue weighted by atomic mass is 19.1. The van der Waals surface area contributed by atoms with Gasteiger partial charge in [-0.2, -0.15) is 14.6 Å². The zero-order chi connectivity index (χ0) is 48.3. The van der Waals surface area contributed by atoms with Crippen molar-refractivity contribution in [2.45, 2.75) is 78.8 Å². The summed E-state index contributed by atoms with van der Waals surface area (Å²) in [7, 11) is 0. The number of anilines is 3. The second-order valence-corrected chi connectivity index (χ2v) is 17.7. The smallest absolute Gasteiger partial charge is 0.356 e. The molecule has 2 aliphatic rings. The van der Waals surface area contributed by atoms with E-state index in [-0.39, 0.29) is 63.4 Å². The molecule has 0 aliphatic carbocycles. The van der Waals surface area contributed by atoms with Crippen molar-refractivity contribution in [1.82, 2.24) is 43.8 Å². The van der Waals surface area contributed by atoms with E-state index in [1.165, 1.54) is 53.5 Å². The Kier molecular flexibility index (Phi) is 13.6. The van der Waals surface area contributed by atoms with Crippen molar-refractivity contribution < 1.29 is 22.7 Å². The maximum Gasteiger partial charge on any atom is 0.356 e. The van der Waals surface area contributed by atoms with Crippen molar-refractivity contribution in [1.29, 1.82) is 0 Å². The summed E-state index contributed by atoms with van der Waals surface area (Å²) in [6, 6.07) is 12.9. The summed E-state index contributed by atoms with van der Waals surface area (Å²) >= 11 is 0. The molecule has 0 radical (unpaired) electrons. The van der Waals surface area contributed by atoms with E-state index in [1.54, 1.807) is 23.4 Å². The van der Waals surface area contributed by atoms with Crippen molar-refractivity contribution in [2.24, 2.45) is 0 Å². The molecular formula is C51H56F2N12O4. The fraction of sp³-hybridized carbons (Fsp3) is 0.373. The first-order valence-electron chi connectivity index (χ1n) is 23.6. The Bertz CT molecular complexity index is 3290. The van der Waals surface area contributed by atoms with Gasteiger partial charge in [0.1, 0.15) is 39.9 Å². The molecule has 1 N–H and O–H groups in total. The Morgan fingerprint density at radius 3 is 2.51 bits per heavy atom. The SMILES string of the molecule is C=C(COCC)C(=O)N1CCN(c2nc(=O)n3c4nc(c(F)cc24)c2c(F)cccc2oc2ccnc(C(C)C)c23)[C@@H](C)C1.CCc1cnn2c(NCc3cccnc3)cc(N3CCCCC3)nc12. The van der Waals surface area contributed by atoms with E-state index in [4.69, 9.17) is 14.1 Å². The van der Waals surface area contributed by atoms with Gasteiger partial charge in [-0.1, -0.05) is 39.5 Å². The number of halogens is 2. The number of rotatable bonds is 11. The van der Waals surface area contributed by atoms with Gasteiger partial charge >= 0.3 is 5.69 Å². The normalized spacial score (nSPS) is 15.4. The van der Waals surface area contributed by atoms with E-state index in [9.17, 15) is 9.59 Å². The van der Waals surface area contributed by atoms with Crippen LogP contribution in [0.1, 0.15) is 76.6 Å². The van der Waals surface area contributed by atoms with Gasteiger partial charge in [0.05, 0.1) is 29.3 Å². The Morgan fingerprint density at radius 2 is 1.77 bits per heavy atom. The first kappa shape index (κ1) is 46.8. The van der Waals surface area contributed by atoms with Crippen LogP contribution < -0.4 is 20.8 Å². The number of nitrogens with zero attached hydrogens (tertiary/aromatic N) is 11. The molecule has 2 fully saturated rings. The highest BCUT2D eigenvalue weighted by Gasteiger charge is 2.31. The summed E-state index contributed by atoms with van der Waals surface area (Å²) in [5.41, 5.74) is 3.86. The second-order valence-electron chi connectivity index (χ2n) is 17.7. The fourth-order valence-corrected chi connectivity index (χ4v) is 9.14. The third-order valence-corrected chi connectivity index (χ3v) is 12.7. The van der Waals surface area contributed by atoms with Crippen LogP contribution in [-0.2, 0) is 22.5 Å². The molecule has 9 heterocycles. The molecule has 2 saturated heterocycles. The van der Waals surface area contributed by atoms with Crippen LogP contribution in [0.15, 0.2) is 94.7 Å². The summed E-state index contributed by atoms with van der Waals surface area (Å²) in [4.78, 5) is 55.6. The molecule has 2 bridgehead atoms. The standard InChI is InChI=1S/C32H32F2N6O4.C19H24N6/c1-6-43-16-18(4)31(41)38-12-13-39(19(5)15-38)29-20-14-22(34)27-25-21(33)8-7-9-23(25)44-24-10-11-35-26(17(2)3)28(24)40(30(20)36-27)32(42)37-29;1-2-16-14-22-25-17(21-13-15-7-6-8-20-12-15)11-18(23-19(16)25)24-9-4-3-5-10-24/h7-11,14,17,19H,4,6,12-13,15-16H2,1-3,5H3;6-8,11-12,14,21H,2-5,9-10,13H2,1H3/t19-;/m0./s1. The van der Waals surface area contributed by atoms with Crippen LogP contribution in [-0.4, -0.2) is 102 Å². The molecule has 1 atom stereocenters. The molecule has 8 aromatic rings. The number of nitrogens with one attached hydrogen (secondary N) is 1. The zero-order valence-corrected chi connectivity index (χ0v) is 39.6. The number of aryl methyl sites for hydroxylation is 1. The first-order chi connectivity index (χ1) is 33.4. The minimum atomic E-state index is -0.803. The predicted molar refractivity (Wildman–Crippen MR) is 264 cm³/mol. The molecule has 358 valence electrons. The molecule has 1 amide bonds. The number of amides is 1. The highest BCUT2D eigenvalue weighted by molar-refractivity contribution is 5.99. The molecule has 0 saturated carbocycles. The number of carbonyl (C=O) groups is 1. The van der Waals surface area contributed by atoms with Gasteiger partial charge < -0.3 is 29.2 Å². The molecule has 69 heavy (non-hydrogen) atoms. The molecule has 16 nitrogen and oxygen atoms in total. The number of aromatic nitrogens is 8. The lowest BCUT2D eigenvalue weighted by atomic mass is 10.1. The number of carbonyl (C=O) groups excluding carboxylic acids is 1. The number of pyridine rings is 3. The molecule has 18 heteroatoms. The number of ether oxygens (including phenoxy) is 1. The molecule has 1 aromatic carbocycles. The Hall–Kier alpha value is -7.34. The van der Waals surface area contributed by atoms with Gasteiger partial charge in [0.25, 0.3) is 5.91 Å². The van der Waals surface area contributed by atoms with Crippen LogP contribution in [0.4, 0.5) is 26.2 Å². The lowest BCUT2D eigenvalue weighted by Crippen LogP contribution is -2.54. The number of fused-ring (bicyclic) bond motifs is 6.